The predicted octanol–water partition coefficient (Wildman–Crippen LogP) is 0.496. The van der Waals surface area contributed by atoms with Crippen LogP contribution in [0.2, 0.25) is 0 Å². The number of rotatable bonds is 8. The second kappa shape index (κ2) is 8.23. The molecule has 0 saturated carbocycles. The zero-order valence-corrected chi connectivity index (χ0v) is 12.4. The first-order chi connectivity index (χ1) is 9.51. The van der Waals surface area contributed by atoms with Crippen molar-refractivity contribution in [3.63, 3.8) is 0 Å². The fraction of sp³-hybridized carbons (Fsp3) is 0.692. The van der Waals surface area contributed by atoms with Crippen LogP contribution in [0.5, 0.6) is 0 Å². The molecule has 1 amide bonds. The minimum atomic E-state index is -1.23. The molecular weight excluding hydrogens is 282 g/mol. The van der Waals surface area contributed by atoms with Crippen molar-refractivity contribution in [1.29, 1.82) is 0 Å². The average molecular weight is 303 g/mol. The number of carbonyl (C=O) groups excluding carboxylic acids is 2. The Balaban J connectivity index is 4.49. The van der Waals surface area contributed by atoms with Gasteiger partial charge < -0.3 is 19.8 Å². The Morgan fingerprint density at radius 1 is 0.952 bits per heavy atom. The van der Waals surface area contributed by atoms with E-state index in [0.29, 0.717) is 0 Å². The molecule has 2 N–H and O–H groups in total. The Morgan fingerprint density at radius 3 is 1.95 bits per heavy atom. The highest BCUT2D eigenvalue weighted by atomic mass is 16.6. The number of aliphatic carboxylic acids is 2. The molecular formula is C13H21NO7. The van der Waals surface area contributed by atoms with Crippen LogP contribution < -0.4 is 0 Å². The van der Waals surface area contributed by atoms with E-state index < -0.39 is 36.0 Å². The Morgan fingerprint density at radius 2 is 1.52 bits per heavy atom. The molecule has 120 valence electrons. The normalized spacial score (nSPS) is 10.8. The number of esters is 1. The van der Waals surface area contributed by atoms with E-state index in [1.54, 1.807) is 20.8 Å². The Hall–Kier alpha value is -2.12. The molecule has 0 rings (SSSR count). The molecule has 8 nitrogen and oxygen atoms in total. The topological polar surface area (TPSA) is 121 Å². The van der Waals surface area contributed by atoms with Gasteiger partial charge >= 0.3 is 17.9 Å². The molecule has 0 unspecified atom stereocenters. The lowest BCUT2D eigenvalue weighted by Gasteiger charge is -2.23. The van der Waals surface area contributed by atoms with Gasteiger partial charge in [-0.25, -0.2) is 0 Å². The number of hydrogen-bond acceptors (Lipinski definition) is 5. The van der Waals surface area contributed by atoms with E-state index in [0.717, 1.165) is 4.90 Å². The van der Waals surface area contributed by atoms with Crippen LogP contribution >= 0.6 is 0 Å². The van der Waals surface area contributed by atoms with Gasteiger partial charge in [-0.05, 0) is 20.8 Å². The highest BCUT2D eigenvalue weighted by Gasteiger charge is 2.21. The van der Waals surface area contributed by atoms with Crippen LogP contribution in [-0.2, 0) is 23.9 Å². The van der Waals surface area contributed by atoms with Crippen LogP contribution in [0.25, 0.3) is 0 Å². The number of hydrogen-bond donors (Lipinski definition) is 2. The fourth-order valence-electron chi connectivity index (χ4n) is 1.45. The van der Waals surface area contributed by atoms with Crippen molar-refractivity contribution in [3.8, 4) is 0 Å². The second-order valence-electron chi connectivity index (χ2n) is 5.44. The monoisotopic (exact) mass is 303 g/mol. The molecule has 0 saturated heterocycles. The summed E-state index contributed by atoms with van der Waals surface area (Å²) in [6.07, 6.45) is -0.846. The summed E-state index contributed by atoms with van der Waals surface area (Å²) in [7, 11) is 0. The molecule has 0 spiro atoms. The highest BCUT2D eigenvalue weighted by Crippen LogP contribution is 2.09. The van der Waals surface area contributed by atoms with Crippen LogP contribution in [0.4, 0.5) is 0 Å². The van der Waals surface area contributed by atoms with Gasteiger partial charge in [0.1, 0.15) is 12.1 Å². The van der Waals surface area contributed by atoms with Crippen molar-refractivity contribution in [2.75, 3.05) is 13.1 Å². The fourth-order valence-corrected chi connectivity index (χ4v) is 1.45. The Labute approximate surface area is 122 Å². The first kappa shape index (κ1) is 18.9. The zero-order chi connectivity index (χ0) is 16.6. The van der Waals surface area contributed by atoms with Crippen molar-refractivity contribution >= 4 is 23.8 Å². The summed E-state index contributed by atoms with van der Waals surface area (Å²) in [4.78, 5) is 45.3. The van der Waals surface area contributed by atoms with Gasteiger partial charge in [-0.2, -0.15) is 0 Å². The summed E-state index contributed by atoms with van der Waals surface area (Å²) in [6, 6.07) is 0. The predicted molar refractivity (Wildman–Crippen MR) is 71.5 cm³/mol. The second-order valence-corrected chi connectivity index (χ2v) is 5.44. The van der Waals surface area contributed by atoms with E-state index in [1.807, 2.05) is 0 Å². The lowest BCUT2D eigenvalue weighted by Crippen LogP contribution is -2.38. The molecule has 21 heavy (non-hydrogen) atoms. The molecule has 0 aromatic rings. The minimum absolute atomic E-state index is 0.125. The standard InChI is InChI=1S/C13H21NO7/c1-13(2,3)21-12(20)6-7-14(8-11(18)19)9(15)4-5-10(16)17/h4-8H2,1-3H3,(H,16,17)(H,18,19). The van der Waals surface area contributed by atoms with Gasteiger partial charge in [0.25, 0.3) is 0 Å². The van der Waals surface area contributed by atoms with Crippen LogP contribution in [0.1, 0.15) is 40.0 Å². The van der Waals surface area contributed by atoms with Gasteiger partial charge in [-0.1, -0.05) is 0 Å². The minimum Gasteiger partial charge on any atom is -0.481 e. The van der Waals surface area contributed by atoms with E-state index in [2.05, 4.69) is 0 Å². The molecule has 0 radical (unpaired) electrons. The molecule has 0 bridgehead atoms. The summed E-state index contributed by atoms with van der Waals surface area (Å²) >= 11 is 0. The van der Waals surface area contributed by atoms with Crippen LogP contribution in [-0.4, -0.2) is 57.6 Å². The summed E-state index contributed by atoms with van der Waals surface area (Å²) in [6.45, 7) is 4.37. The maximum atomic E-state index is 11.7. The molecule has 0 aliphatic rings. The maximum Gasteiger partial charge on any atom is 0.323 e. The van der Waals surface area contributed by atoms with Crippen LogP contribution in [0.15, 0.2) is 0 Å². The number of carboxylic acid groups (broad SMARTS) is 2. The number of nitrogens with zero attached hydrogens (tertiary/aromatic N) is 1. The van der Waals surface area contributed by atoms with Crippen LogP contribution in [0, 0.1) is 0 Å². The SMILES string of the molecule is CC(C)(C)OC(=O)CCN(CC(=O)O)C(=O)CCC(=O)O. The van der Waals surface area contributed by atoms with E-state index in [4.69, 9.17) is 14.9 Å². The third-order valence-electron chi connectivity index (χ3n) is 2.24. The van der Waals surface area contributed by atoms with E-state index in [9.17, 15) is 19.2 Å². The quantitative estimate of drug-likeness (QED) is 0.626. The van der Waals surface area contributed by atoms with Crippen LogP contribution in [0.3, 0.4) is 0 Å². The molecule has 0 aliphatic heterocycles. The van der Waals surface area contributed by atoms with Crippen molar-refractivity contribution in [3.05, 3.63) is 0 Å². The Bertz CT molecular complexity index is 411. The smallest absolute Gasteiger partial charge is 0.323 e. The van der Waals surface area contributed by atoms with E-state index in [1.165, 1.54) is 0 Å². The van der Waals surface area contributed by atoms with Gasteiger partial charge in [0.2, 0.25) is 5.91 Å². The first-order valence-electron chi connectivity index (χ1n) is 6.44. The molecule has 8 heteroatoms. The van der Waals surface area contributed by atoms with Gasteiger partial charge in [0, 0.05) is 13.0 Å². The third kappa shape index (κ3) is 10.3. The van der Waals surface area contributed by atoms with Crippen molar-refractivity contribution in [2.24, 2.45) is 0 Å². The molecule has 0 aromatic heterocycles. The molecule has 0 heterocycles. The molecule has 0 fully saturated rings. The number of carbonyl (C=O) groups is 4. The average Bonchev–Trinajstić information content (AvgIpc) is 2.28. The first-order valence-corrected chi connectivity index (χ1v) is 6.44. The Kier molecular flexibility index (Phi) is 7.40. The van der Waals surface area contributed by atoms with Gasteiger partial charge in [0.15, 0.2) is 0 Å². The molecule has 0 aliphatic carbocycles. The van der Waals surface area contributed by atoms with Crippen molar-refractivity contribution in [2.45, 2.75) is 45.6 Å². The summed E-state index contributed by atoms with van der Waals surface area (Å²) in [5, 5.41) is 17.2. The largest absolute Gasteiger partial charge is 0.481 e. The number of ether oxygens (including phenoxy) is 1. The van der Waals surface area contributed by atoms with Crippen molar-refractivity contribution < 1.29 is 34.1 Å². The lowest BCUT2D eigenvalue weighted by atomic mass is 10.2. The summed E-state index contributed by atoms with van der Waals surface area (Å²) in [5.74, 6) is -3.55. The van der Waals surface area contributed by atoms with Gasteiger partial charge in [-0.15, -0.1) is 0 Å². The van der Waals surface area contributed by atoms with Gasteiger partial charge in [-0.3, -0.25) is 19.2 Å². The number of carboxylic acids is 2. The molecule has 0 atom stereocenters. The lowest BCUT2D eigenvalue weighted by molar-refractivity contribution is -0.156. The van der Waals surface area contributed by atoms with Crippen molar-refractivity contribution in [1.82, 2.24) is 4.90 Å². The summed E-state index contributed by atoms with van der Waals surface area (Å²) < 4.78 is 5.05. The maximum absolute atomic E-state index is 11.7. The number of amides is 1. The van der Waals surface area contributed by atoms with E-state index >= 15 is 0 Å². The molecule has 0 aromatic carbocycles. The van der Waals surface area contributed by atoms with Gasteiger partial charge in [0.05, 0.1) is 12.8 Å². The highest BCUT2D eigenvalue weighted by molar-refractivity contribution is 5.84. The zero-order valence-electron chi connectivity index (χ0n) is 12.4. The third-order valence-corrected chi connectivity index (χ3v) is 2.24. The van der Waals surface area contributed by atoms with E-state index in [-0.39, 0.29) is 25.8 Å². The summed E-state index contributed by atoms with van der Waals surface area (Å²) in [5.41, 5.74) is -0.665.